The van der Waals surface area contributed by atoms with Crippen LogP contribution < -0.4 is 5.73 Å². The highest BCUT2D eigenvalue weighted by molar-refractivity contribution is 4.94. The zero-order valence-corrected chi connectivity index (χ0v) is 8.96. The molecule has 2 nitrogen and oxygen atoms in total. The second-order valence-electron chi connectivity index (χ2n) is 2.71. The van der Waals surface area contributed by atoms with Crippen LogP contribution in [-0.4, -0.2) is 17.3 Å². The third kappa shape index (κ3) is 8.29. The van der Waals surface area contributed by atoms with E-state index in [2.05, 4.69) is 58.2 Å². The molecule has 0 aromatic rings. The molecular weight excluding hydrogens is 198 g/mol. The second kappa shape index (κ2) is 9.24. The number of nitrogens with two attached hydrogens (primary N) is 1. The molecule has 16 heavy (non-hydrogen) atoms. The van der Waals surface area contributed by atoms with Gasteiger partial charge in [0.1, 0.15) is 0 Å². The van der Waals surface area contributed by atoms with E-state index in [1.807, 2.05) is 0 Å². The van der Waals surface area contributed by atoms with Crippen molar-refractivity contribution >= 4 is 0 Å². The first kappa shape index (κ1) is 13.7. The lowest BCUT2D eigenvalue weighted by molar-refractivity contribution is 0.198. The van der Waals surface area contributed by atoms with E-state index in [9.17, 15) is 5.11 Å². The SMILES string of the molecule is C=C=C=C=C=C=C=C=C=C=C[C@H](O)[C@H](C)N.[HH].[HH].[HH].[HH].[HH].[HH].[HH].[HH].[HH].[HH].[HH]. The summed E-state index contributed by atoms with van der Waals surface area (Å²) in [6, 6.07) is -0.340. The summed E-state index contributed by atoms with van der Waals surface area (Å²) in [4.78, 5) is 0. The van der Waals surface area contributed by atoms with Gasteiger partial charge in [0.2, 0.25) is 0 Å². The summed E-state index contributed by atoms with van der Waals surface area (Å²) in [5.41, 5.74) is 27.6. The van der Waals surface area contributed by atoms with Crippen LogP contribution in [0, 0.1) is 0 Å². The molecule has 100 valence electrons. The van der Waals surface area contributed by atoms with Gasteiger partial charge in [-0.3, -0.25) is 0 Å². The molecule has 0 unspecified atom stereocenters. The molecule has 3 N–H and O–H groups in total. The fraction of sp³-hybridized carbons (Fsp3) is 0.214. The minimum absolute atomic E-state index is 0. The molecule has 0 saturated heterocycles. The lowest BCUT2D eigenvalue weighted by Gasteiger charge is -2.06. The maximum atomic E-state index is 9.24. The summed E-state index contributed by atoms with van der Waals surface area (Å²) in [7, 11) is 0. The van der Waals surface area contributed by atoms with Crippen molar-refractivity contribution in [2.24, 2.45) is 5.73 Å². The van der Waals surface area contributed by atoms with Crippen LogP contribution in [-0.2, 0) is 0 Å². The molecule has 0 aliphatic heterocycles. The molecule has 0 radical (unpaired) electrons. The van der Waals surface area contributed by atoms with Gasteiger partial charge in [-0.05, 0) is 59.7 Å². The van der Waals surface area contributed by atoms with Crippen molar-refractivity contribution in [2.75, 3.05) is 0 Å². The summed E-state index contributed by atoms with van der Waals surface area (Å²) in [6.07, 6.45) is 0.647. The van der Waals surface area contributed by atoms with Crippen LogP contribution in [0.25, 0.3) is 0 Å². The van der Waals surface area contributed by atoms with Gasteiger partial charge in [0.05, 0.1) is 6.10 Å². The molecule has 0 aromatic heterocycles. The Kier molecular flexibility index (Phi) is 7.90. The van der Waals surface area contributed by atoms with Crippen LogP contribution in [0.5, 0.6) is 0 Å². The number of rotatable bonds is 2. The van der Waals surface area contributed by atoms with Crippen molar-refractivity contribution in [1.29, 1.82) is 0 Å². The van der Waals surface area contributed by atoms with Gasteiger partial charge in [-0.25, -0.2) is 0 Å². The van der Waals surface area contributed by atoms with Crippen LogP contribution in [0.15, 0.2) is 64.2 Å². The fourth-order valence-corrected chi connectivity index (χ4v) is 0.515. The Labute approximate surface area is 111 Å². The highest BCUT2D eigenvalue weighted by atomic mass is 16.3. The highest BCUT2D eigenvalue weighted by Gasteiger charge is 2.02. The Morgan fingerprint density at radius 3 is 2.12 bits per heavy atom. The molecule has 0 bridgehead atoms. The topological polar surface area (TPSA) is 46.2 Å². The molecule has 0 spiro atoms. The third-order valence-electron chi connectivity index (χ3n) is 1.33. The molecule has 0 saturated carbocycles. The Bertz CT molecular complexity index is 583. The number of aliphatic hydroxyl groups is 1. The van der Waals surface area contributed by atoms with Crippen LogP contribution in [0.4, 0.5) is 0 Å². The van der Waals surface area contributed by atoms with Gasteiger partial charge in [0.15, 0.2) is 0 Å². The molecule has 2 atom stereocenters. The second-order valence-corrected chi connectivity index (χ2v) is 2.71. The van der Waals surface area contributed by atoms with Gasteiger partial charge in [-0.2, -0.15) is 0 Å². The molecule has 0 aliphatic rings. The first-order valence-corrected chi connectivity index (χ1v) is 4.48. The van der Waals surface area contributed by atoms with E-state index in [4.69, 9.17) is 5.73 Å². The Morgan fingerprint density at radius 1 is 1.12 bits per heavy atom. The maximum absolute atomic E-state index is 9.24. The van der Waals surface area contributed by atoms with E-state index >= 15 is 0 Å². The van der Waals surface area contributed by atoms with Crippen molar-refractivity contribution in [1.82, 2.24) is 0 Å². The lowest BCUT2D eigenvalue weighted by atomic mass is 10.2. The van der Waals surface area contributed by atoms with Crippen molar-refractivity contribution < 1.29 is 20.8 Å². The largest absolute Gasteiger partial charge is 0.387 e. The highest BCUT2D eigenvalue weighted by Crippen LogP contribution is 1.88. The number of hydrogen-bond donors (Lipinski definition) is 2. The molecule has 0 rings (SSSR count). The Balaban J connectivity index is -0.0000000205. The summed E-state index contributed by atoms with van der Waals surface area (Å²) in [6.45, 7) is 4.98. The van der Waals surface area contributed by atoms with Crippen LogP contribution >= 0.6 is 0 Å². The fourth-order valence-electron chi connectivity index (χ4n) is 0.515. The molecule has 0 fully saturated rings. The van der Waals surface area contributed by atoms with Gasteiger partial charge in [-0.1, -0.05) is 11.5 Å². The van der Waals surface area contributed by atoms with Crippen LogP contribution in [0.1, 0.15) is 22.6 Å². The minimum atomic E-state index is -0.741. The number of aliphatic hydroxyl groups excluding tert-OH is 1. The third-order valence-corrected chi connectivity index (χ3v) is 1.33. The molecule has 0 heterocycles. The first-order valence-electron chi connectivity index (χ1n) is 4.48. The summed E-state index contributed by atoms with van der Waals surface area (Å²) >= 11 is 0. The molecule has 0 aliphatic carbocycles. The molecule has 0 amide bonds. The van der Waals surface area contributed by atoms with Crippen LogP contribution in [0.3, 0.4) is 0 Å². The average molecular weight is 231 g/mol. The van der Waals surface area contributed by atoms with Crippen molar-refractivity contribution in [2.45, 2.75) is 19.1 Å². The van der Waals surface area contributed by atoms with E-state index in [0.717, 1.165) is 0 Å². The zero-order chi connectivity index (χ0) is 12.2. The zero-order valence-electron chi connectivity index (χ0n) is 8.96. The standard InChI is InChI=1S/C14H11NO.11H2/c1-3-4-5-6-7-8-9-10-11-12-14(16)13(2)15;;;;;;;;;;;/h12-14,16H,1,15H2,2H3;11*1H/t13-,14-;;;;;;;;;;;/m0.........../s1. The van der Waals surface area contributed by atoms with Crippen molar-refractivity contribution in [3.63, 3.8) is 0 Å². The van der Waals surface area contributed by atoms with E-state index in [1.165, 1.54) is 6.08 Å². The van der Waals surface area contributed by atoms with Crippen LogP contribution in [0.2, 0.25) is 0 Å². The molecule has 2 heteroatoms. The van der Waals surface area contributed by atoms with Gasteiger partial charge < -0.3 is 10.8 Å². The predicted molar refractivity (Wildman–Crippen MR) is 84.7 cm³/mol. The lowest BCUT2D eigenvalue weighted by Crippen LogP contribution is -2.29. The minimum Gasteiger partial charge on any atom is -0.387 e. The van der Waals surface area contributed by atoms with Gasteiger partial charge in [-0.15, -0.1) is 0 Å². The number of hydrogen-bond acceptors (Lipinski definition) is 2. The molecule has 0 aromatic carbocycles. The van der Waals surface area contributed by atoms with E-state index in [0.29, 0.717) is 0 Å². The smallest absolute Gasteiger partial charge is 0.0949 e. The van der Waals surface area contributed by atoms with Gasteiger partial charge in [0, 0.05) is 21.7 Å². The normalized spacial score (nSPS) is 10.2. The van der Waals surface area contributed by atoms with Crippen molar-refractivity contribution in [3.05, 3.63) is 64.2 Å². The maximum Gasteiger partial charge on any atom is 0.0949 e. The first-order chi connectivity index (χ1) is 7.68. The average Bonchev–Trinajstić information content (AvgIpc) is 2.26. The van der Waals surface area contributed by atoms with E-state index in [1.54, 1.807) is 6.92 Å². The molecular formula is C14H33NO. The summed E-state index contributed by atoms with van der Waals surface area (Å²) < 4.78 is 0. The summed E-state index contributed by atoms with van der Waals surface area (Å²) in [5.74, 6) is 0. The summed E-state index contributed by atoms with van der Waals surface area (Å²) in [5, 5.41) is 9.24. The van der Waals surface area contributed by atoms with Gasteiger partial charge in [0.25, 0.3) is 0 Å². The van der Waals surface area contributed by atoms with E-state index in [-0.39, 0.29) is 21.7 Å². The monoisotopic (exact) mass is 231 g/mol. The Hall–Kier alpha value is -2.32. The van der Waals surface area contributed by atoms with Gasteiger partial charge >= 0.3 is 0 Å². The Morgan fingerprint density at radius 2 is 1.62 bits per heavy atom. The van der Waals surface area contributed by atoms with Crippen molar-refractivity contribution in [3.8, 4) is 0 Å². The van der Waals surface area contributed by atoms with E-state index < -0.39 is 6.10 Å². The quantitative estimate of drug-likeness (QED) is 0.706. The predicted octanol–water partition coefficient (Wildman–Crippen LogP) is 3.98.